The number of aliphatic hydroxyl groups excluding tert-OH is 1. The van der Waals surface area contributed by atoms with Crippen LogP contribution in [0, 0.1) is 6.92 Å². The van der Waals surface area contributed by atoms with Gasteiger partial charge in [-0.3, -0.25) is 0 Å². The number of aromatic nitrogens is 3. The molecule has 2 heterocycles. The van der Waals surface area contributed by atoms with Gasteiger partial charge in [-0.25, -0.2) is 4.98 Å². The fourth-order valence-corrected chi connectivity index (χ4v) is 2.68. The summed E-state index contributed by atoms with van der Waals surface area (Å²) in [7, 11) is 0. The molecular weight excluding hydrogens is 238 g/mol. The summed E-state index contributed by atoms with van der Waals surface area (Å²) >= 11 is 1.61. The summed E-state index contributed by atoms with van der Waals surface area (Å²) in [4.78, 5) is 8.71. The van der Waals surface area contributed by atoms with E-state index < -0.39 is 0 Å². The average Bonchev–Trinajstić information content (AvgIpc) is 2.84. The lowest BCUT2D eigenvalue weighted by Crippen LogP contribution is -2.26. The maximum Gasteiger partial charge on any atom is 0.229 e. The second kappa shape index (κ2) is 4.19. The first kappa shape index (κ1) is 10.9. The lowest BCUT2D eigenvalue weighted by Gasteiger charge is -2.27. The minimum Gasteiger partial charge on any atom is -0.393 e. The van der Waals surface area contributed by atoms with Crippen molar-refractivity contribution in [2.45, 2.75) is 38.2 Å². The van der Waals surface area contributed by atoms with Gasteiger partial charge in [-0.05, 0) is 19.8 Å². The van der Waals surface area contributed by atoms with E-state index in [4.69, 9.17) is 4.52 Å². The Morgan fingerprint density at radius 3 is 2.94 bits per heavy atom. The van der Waals surface area contributed by atoms with E-state index in [0.717, 1.165) is 23.5 Å². The van der Waals surface area contributed by atoms with Crippen LogP contribution in [0.2, 0.25) is 0 Å². The number of nitrogens with zero attached hydrogens (tertiary/aromatic N) is 3. The smallest absolute Gasteiger partial charge is 0.229 e. The van der Waals surface area contributed by atoms with Gasteiger partial charge in [-0.2, -0.15) is 4.98 Å². The topological polar surface area (TPSA) is 72.0 Å². The third kappa shape index (κ3) is 2.23. The highest BCUT2D eigenvalue weighted by Gasteiger charge is 2.32. The highest BCUT2D eigenvalue weighted by atomic mass is 32.1. The molecule has 1 aliphatic carbocycles. The number of hydrogen-bond donors (Lipinski definition) is 1. The normalized spacial score (nSPS) is 23.6. The monoisotopic (exact) mass is 251 g/mol. The Hall–Kier alpha value is -1.27. The molecule has 0 amide bonds. The largest absolute Gasteiger partial charge is 0.393 e. The minimum absolute atomic E-state index is 0.197. The molecule has 17 heavy (non-hydrogen) atoms. The van der Waals surface area contributed by atoms with Crippen molar-refractivity contribution in [1.82, 2.24) is 15.1 Å². The zero-order valence-corrected chi connectivity index (χ0v) is 10.3. The van der Waals surface area contributed by atoms with Crippen LogP contribution in [0.1, 0.15) is 41.2 Å². The van der Waals surface area contributed by atoms with Crippen LogP contribution in [-0.2, 0) is 6.42 Å². The van der Waals surface area contributed by atoms with E-state index in [2.05, 4.69) is 15.1 Å². The van der Waals surface area contributed by atoms with Gasteiger partial charge in [-0.15, -0.1) is 11.3 Å². The van der Waals surface area contributed by atoms with Gasteiger partial charge in [0.2, 0.25) is 5.89 Å². The van der Waals surface area contributed by atoms with Gasteiger partial charge in [0.05, 0.1) is 12.5 Å². The molecule has 90 valence electrons. The van der Waals surface area contributed by atoms with Crippen molar-refractivity contribution in [3.8, 4) is 0 Å². The van der Waals surface area contributed by atoms with E-state index in [1.54, 1.807) is 11.3 Å². The summed E-state index contributed by atoms with van der Waals surface area (Å²) in [6, 6.07) is 0. The first-order valence-electron chi connectivity index (χ1n) is 5.62. The molecule has 5 nitrogen and oxygen atoms in total. The van der Waals surface area contributed by atoms with E-state index in [1.165, 1.54) is 0 Å². The van der Waals surface area contributed by atoms with Gasteiger partial charge < -0.3 is 9.63 Å². The number of rotatable bonds is 3. The lowest BCUT2D eigenvalue weighted by atomic mass is 9.82. The third-order valence-electron chi connectivity index (χ3n) is 2.92. The number of hydrogen-bond acceptors (Lipinski definition) is 6. The molecule has 0 saturated heterocycles. The minimum atomic E-state index is -0.197. The molecule has 1 aliphatic rings. The second-order valence-electron chi connectivity index (χ2n) is 4.43. The Morgan fingerprint density at radius 2 is 2.29 bits per heavy atom. The van der Waals surface area contributed by atoms with Crippen molar-refractivity contribution in [3.05, 3.63) is 27.8 Å². The maximum absolute atomic E-state index is 9.23. The number of aryl methyl sites for hydroxylation is 1. The van der Waals surface area contributed by atoms with Gasteiger partial charge in [0.1, 0.15) is 5.01 Å². The van der Waals surface area contributed by atoms with Crippen LogP contribution >= 0.6 is 11.3 Å². The summed E-state index contributed by atoms with van der Waals surface area (Å²) in [5.74, 6) is 1.57. The molecule has 2 aromatic rings. The lowest BCUT2D eigenvalue weighted by molar-refractivity contribution is 0.0625. The van der Waals surface area contributed by atoms with Gasteiger partial charge in [0.15, 0.2) is 5.82 Å². The summed E-state index contributed by atoms with van der Waals surface area (Å²) in [6.45, 7) is 1.97. The molecule has 0 aliphatic heterocycles. The molecule has 0 unspecified atom stereocenters. The van der Waals surface area contributed by atoms with Crippen LogP contribution in [-0.4, -0.2) is 26.3 Å². The van der Waals surface area contributed by atoms with Crippen LogP contribution in [0.5, 0.6) is 0 Å². The zero-order chi connectivity index (χ0) is 11.8. The summed E-state index contributed by atoms with van der Waals surface area (Å²) in [6.07, 6.45) is 1.89. The predicted molar refractivity (Wildman–Crippen MR) is 61.9 cm³/mol. The fourth-order valence-electron chi connectivity index (χ4n) is 1.91. The highest BCUT2D eigenvalue weighted by Crippen LogP contribution is 2.35. The molecule has 1 saturated carbocycles. The van der Waals surface area contributed by atoms with Crippen molar-refractivity contribution in [2.75, 3.05) is 0 Å². The van der Waals surface area contributed by atoms with Crippen molar-refractivity contribution in [2.24, 2.45) is 0 Å². The molecule has 0 radical (unpaired) electrons. The molecule has 2 aromatic heterocycles. The molecular formula is C11H13N3O2S. The van der Waals surface area contributed by atoms with E-state index in [9.17, 15) is 5.11 Å². The molecule has 3 rings (SSSR count). The van der Waals surface area contributed by atoms with Gasteiger partial charge in [-0.1, -0.05) is 5.16 Å². The molecule has 0 atom stereocenters. The SMILES string of the molecule is Cc1csc(Cc2noc(C3CC(O)C3)n2)n1. The van der Waals surface area contributed by atoms with E-state index in [1.807, 2.05) is 12.3 Å². The second-order valence-corrected chi connectivity index (χ2v) is 5.37. The standard InChI is InChI=1S/C11H13N3O2S/c1-6-5-17-10(12-6)4-9-13-11(16-14-9)7-2-8(15)3-7/h5,7-8,15H,2-4H2,1H3. The van der Waals surface area contributed by atoms with Crippen LogP contribution in [0.25, 0.3) is 0 Å². The predicted octanol–water partition coefficient (Wildman–Crippen LogP) is 1.66. The quantitative estimate of drug-likeness (QED) is 0.898. The molecule has 0 spiro atoms. The molecule has 0 bridgehead atoms. The Morgan fingerprint density at radius 1 is 1.47 bits per heavy atom. The highest BCUT2D eigenvalue weighted by molar-refractivity contribution is 7.09. The molecule has 6 heteroatoms. The first-order chi connectivity index (χ1) is 8.20. The van der Waals surface area contributed by atoms with E-state index in [0.29, 0.717) is 18.1 Å². The van der Waals surface area contributed by atoms with Gasteiger partial charge in [0.25, 0.3) is 0 Å². The van der Waals surface area contributed by atoms with Crippen LogP contribution < -0.4 is 0 Å². The van der Waals surface area contributed by atoms with E-state index in [-0.39, 0.29) is 12.0 Å². The van der Waals surface area contributed by atoms with Crippen molar-refractivity contribution >= 4 is 11.3 Å². The van der Waals surface area contributed by atoms with Crippen molar-refractivity contribution in [3.63, 3.8) is 0 Å². The number of aliphatic hydroxyl groups is 1. The zero-order valence-electron chi connectivity index (χ0n) is 9.46. The third-order valence-corrected chi connectivity index (χ3v) is 3.89. The maximum atomic E-state index is 9.23. The Balaban J connectivity index is 1.68. The molecule has 1 fully saturated rings. The molecule has 1 N–H and O–H groups in total. The average molecular weight is 251 g/mol. The summed E-state index contributed by atoms with van der Waals surface area (Å²) in [5.41, 5.74) is 1.02. The summed E-state index contributed by atoms with van der Waals surface area (Å²) in [5, 5.41) is 16.2. The van der Waals surface area contributed by atoms with Crippen LogP contribution in [0.15, 0.2) is 9.90 Å². The van der Waals surface area contributed by atoms with Crippen LogP contribution in [0.4, 0.5) is 0 Å². The fraction of sp³-hybridized carbons (Fsp3) is 0.545. The van der Waals surface area contributed by atoms with Crippen LogP contribution in [0.3, 0.4) is 0 Å². The van der Waals surface area contributed by atoms with Gasteiger partial charge in [0, 0.05) is 17.0 Å². The van der Waals surface area contributed by atoms with E-state index >= 15 is 0 Å². The Bertz CT molecular complexity index is 516. The Kier molecular flexibility index (Phi) is 2.68. The van der Waals surface area contributed by atoms with Crippen molar-refractivity contribution < 1.29 is 9.63 Å². The Labute approximate surface area is 103 Å². The molecule has 0 aromatic carbocycles. The number of thiazole rings is 1. The first-order valence-corrected chi connectivity index (χ1v) is 6.50. The van der Waals surface area contributed by atoms with Crippen molar-refractivity contribution in [1.29, 1.82) is 0 Å². The summed E-state index contributed by atoms with van der Waals surface area (Å²) < 4.78 is 5.20. The van der Waals surface area contributed by atoms with Gasteiger partial charge >= 0.3 is 0 Å².